The molecule has 0 saturated carbocycles. The summed E-state index contributed by atoms with van der Waals surface area (Å²) in [5, 5.41) is 12.0. The molecule has 9 aromatic rings. The number of para-hydroxylation sites is 2. The first kappa shape index (κ1) is 31.3. The molecule has 0 bridgehead atoms. The predicted molar refractivity (Wildman–Crippen MR) is 226 cm³/mol. The van der Waals surface area contributed by atoms with Crippen molar-refractivity contribution in [3.63, 3.8) is 0 Å². The minimum Gasteiger partial charge on any atom is -0.456 e. The summed E-state index contributed by atoms with van der Waals surface area (Å²) in [6.45, 7) is 0. The fraction of sp³-hybridized carbons (Fsp3) is 0.0400. The third kappa shape index (κ3) is 5.24. The van der Waals surface area contributed by atoms with Crippen LogP contribution < -0.4 is 10.6 Å². The van der Waals surface area contributed by atoms with Gasteiger partial charge >= 0.3 is 0 Å². The molecule has 8 aromatic carbocycles. The zero-order valence-electron chi connectivity index (χ0n) is 29.8. The molecule has 0 aliphatic carbocycles. The Kier molecular flexibility index (Phi) is 7.24. The van der Waals surface area contributed by atoms with Crippen LogP contribution in [0.4, 0.5) is 5.69 Å². The maximum atomic E-state index is 6.64. The van der Waals surface area contributed by atoms with Gasteiger partial charge in [0.1, 0.15) is 22.8 Å². The molecule has 260 valence electrons. The quantitative estimate of drug-likeness (QED) is 0.187. The lowest BCUT2D eigenvalue weighted by atomic mass is 9.80. The molecule has 3 heterocycles. The molecule has 2 atom stereocenters. The van der Waals surface area contributed by atoms with E-state index in [1.165, 1.54) is 27.6 Å². The van der Waals surface area contributed by atoms with Gasteiger partial charge in [-0.25, -0.2) is 9.98 Å². The van der Waals surface area contributed by atoms with Gasteiger partial charge in [-0.15, -0.1) is 0 Å². The van der Waals surface area contributed by atoms with Gasteiger partial charge in [0.25, 0.3) is 0 Å². The van der Waals surface area contributed by atoms with E-state index in [4.69, 9.17) is 14.4 Å². The molecule has 0 saturated heterocycles. The van der Waals surface area contributed by atoms with Crippen LogP contribution in [-0.2, 0) is 0 Å². The molecule has 1 aromatic heterocycles. The Hall–Kier alpha value is -7.24. The average Bonchev–Trinajstić information content (AvgIpc) is 3.64. The molecular weight excluding hydrogens is 673 g/mol. The van der Waals surface area contributed by atoms with Gasteiger partial charge in [0.2, 0.25) is 0 Å². The number of fused-ring (bicyclic) bond motifs is 7. The number of benzene rings is 8. The second kappa shape index (κ2) is 12.7. The van der Waals surface area contributed by atoms with Crippen molar-refractivity contribution in [2.75, 3.05) is 5.32 Å². The lowest BCUT2D eigenvalue weighted by molar-refractivity contribution is 0.668. The normalized spacial score (nSPS) is 16.1. The molecule has 2 aliphatic heterocycles. The van der Waals surface area contributed by atoms with Crippen molar-refractivity contribution < 1.29 is 4.42 Å². The van der Waals surface area contributed by atoms with Crippen LogP contribution in [0.25, 0.3) is 55.0 Å². The van der Waals surface area contributed by atoms with E-state index in [1.807, 2.05) is 24.3 Å². The molecular formula is C50H34N4O. The number of rotatable bonds is 5. The van der Waals surface area contributed by atoms with Gasteiger partial charge < -0.3 is 15.1 Å². The van der Waals surface area contributed by atoms with Gasteiger partial charge in [-0.05, 0) is 56.8 Å². The first-order valence-electron chi connectivity index (χ1n) is 18.7. The maximum absolute atomic E-state index is 6.64. The Labute approximate surface area is 318 Å². The highest BCUT2D eigenvalue weighted by molar-refractivity contribution is 6.20. The lowest BCUT2D eigenvalue weighted by Crippen LogP contribution is -2.36. The topological polar surface area (TPSA) is 61.9 Å². The molecule has 2 aliphatic rings. The molecule has 2 N–H and O–H groups in total. The van der Waals surface area contributed by atoms with Crippen molar-refractivity contribution in [2.45, 2.75) is 12.2 Å². The van der Waals surface area contributed by atoms with Crippen molar-refractivity contribution in [1.29, 1.82) is 0 Å². The van der Waals surface area contributed by atoms with Crippen LogP contribution >= 0.6 is 0 Å². The first-order valence-corrected chi connectivity index (χ1v) is 18.7. The SMILES string of the molecule is c1ccc(C2=NC(c3ccc(-c4c5c(cc6oc7ccccc7c46)C(c4ccccc4)Nc4ccccc4-5)cc3)N=C(c3cccc4ccccc34)N2)cc1. The summed E-state index contributed by atoms with van der Waals surface area (Å²) in [6, 6.07) is 63.9. The molecule has 5 nitrogen and oxygen atoms in total. The zero-order chi connectivity index (χ0) is 36.3. The molecule has 0 amide bonds. The summed E-state index contributed by atoms with van der Waals surface area (Å²) in [7, 11) is 0. The van der Waals surface area contributed by atoms with E-state index in [-0.39, 0.29) is 6.04 Å². The largest absolute Gasteiger partial charge is 0.456 e. The Morgan fingerprint density at radius 3 is 2.00 bits per heavy atom. The van der Waals surface area contributed by atoms with Gasteiger partial charge in [-0.2, -0.15) is 0 Å². The van der Waals surface area contributed by atoms with Crippen LogP contribution in [0.1, 0.15) is 40.0 Å². The molecule has 0 radical (unpaired) electrons. The number of furan rings is 1. The van der Waals surface area contributed by atoms with Gasteiger partial charge in [-0.1, -0.05) is 164 Å². The number of amidine groups is 2. The number of nitrogens with zero attached hydrogens (tertiary/aromatic N) is 2. The zero-order valence-corrected chi connectivity index (χ0v) is 29.8. The summed E-state index contributed by atoms with van der Waals surface area (Å²) in [6.07, 6.45) is -0.439. The van der Waals surface area contributed by atoms with E-state index in [0.717, 1.165) is 72.5 Å². The van der Waals surface area contributed by atoms with Crippen LogP contribution in [0.15, 0.2) is 196 Å². The maximum Gasteiger partial charge on any atom is 0.169 e. The molecule has 0 spiro atoms. The summed E-state index contributed by atoms with van der Waals surface area (Å²) in [5.74, 6) is 1.60. The van der Waals surface area contributed by atoms with Crippen LogP contribution in [0.5, 0.6) is 0 Å². The number of hydrogen-bond acceptors (Lipinski definition) is 5. The van der Waals surface area contributed by atoms with Crippen molar-refractivity contribution in [3.8, 4) is 22.3 Å². The van der Waals surface area contributed by atoms with E-state index in [0.29, 0.717) is 0 Å². The van der Waals surface area contributed by atoms with Gasteiger partial charge in [-0.3, -0.25) is 0 Å². The lowest BCUT2D eigenvalue weighted by Gasteiger charge is -2.32. The summed E-state index contributed by atoms with van der Waals surface area (Å²) in [4.78, 5) is 10.5. The summed E-state index contributed by atoms with van der Waals surface area (Å²) in [5.41, 5.74) is 13.0. The van der Waals surface area contributed by atoms with Crippen molar-refractivity contribution in [1.82, 2.24) is 5.32 Å². The van der Waals surface area contributed by atoms with E-state index in [9.17, 15) is 0 Å². The van der Waals surface area contributed by atoms with Crippen molar-refractivity contribution in [2.24, 2.45) is 9.98 Å². The number of aliphatic imine (C=N–C) groups is 2. The van der Waals surface area contributed by atoms with E-state index in [2.05, 4.69) is 168 Å². The molecule has 55 heavy (non-hydrogen) atoms. The fourth-order valence-electron chi connectivity index (χ4n) is 8.41. The third-order valence-corrected chi connectivity index (χ3v) is 11.0. The van der Waals surface area contributed by atoms with E-state index in [1.54, 1.807) is 0 Å². The Morgan fingerprint density at radius 2 is 1.15 bits per heavy atom. The van der Waals surface area contributed by atoms with E-state index >= 15 is 0 Å². The third-order valence-electron chi connectivity index (χ3n) is 11.0. The van der Waals surface area contributed by atoms with Crippen LogP contribution in [0, 0.1) is 0 Å². The average molecular weight is 707 g/mol. The van der Waals surface area contributed by atoms with Gasteiger partial charge in [0, 0.05) is 38.7 Å². The Morgan fingerprint density at radius 1 is 0.473 bits per heavy atom. The predicted octanol–water partition coefficient (Wildman–Crippen LogP) is 12.1. The Bertz CT molecular complexity index is 2980. The van der Waals surface area contributed by atoms with Gasteiger partial charge in [0.15, 0.2) is 6.17 Å². The number of anilines is 1. The van der Waals surface area contributed by atoms with Crippen molar-refractivity contribution >= 4 is 50.1 Å². The first-order chi connectivity index (χ1) is 27.3. The minimum atomic E-state index is -0.439. The highest BCUT2D eigenvalue weighted by atomic mass is 16.3. The number of nitrogens with one attached hydrogen (secondary N) is 2. The second-order valence-electron chi connectivity index (χ2n) is 14.2. The van der Waals surface area contributed by atoms with Crippen molar-refractivity contribution in [3.05, 3.63) is 210 Å². The van der Waals surface area contributed by atoms with Crippen LogP contribution in [0.2, 0.25) is 0 Å². The second-order valence-corrected chi connectivity index (χ2v) is 14.2. The van der Waals surface area contributed by atoms with Crippen LogP contribution in [-0.4, -0.2) is 11.7 Å². The van der Waals surface area contributed by atoms with Crippen LogP contribution in [0.3, 0.4) is 0 Å². The minimum absolute atomic E-state index is 0.0518. The summed E-state index contributed by atoms with van der Waals surface area (Å²) < 4.78 is 6.64. The van der Waals surface area contributed by atoms with E-state index < -0.39 is 6.17 Å². The summed E-state index contributed by atoms with van der Waals surface area (Å²) >= 11 is 0. The highest BCUT2D eigenvalue weighted by Gasteiger charge is 2.31. The highest BCUT2D eigenvalue weighted by Crippen LogP contribution is 2.52. The standard InChI is InChI=1S/C50H34N4O/c1-3-15-33(16-4-1)47-40-30-43-46(39-22-10-12-25-42(39)55-43)44(45(40)38-21-9-11-24-41(38)51-47)32-26-28-35(29-27-32)49-52-48(34-17-5-2-6-18-34)53-50(54-49)37-23-13-19-31-14-7-8-20-36(31)37/h1-30,47,49,51H,(H,52,53,54). The monoisotopic (exact) mass is 706 g/mol. The molecule has 5 heteroatoms. The fourth-order valence-corrected chi connectivity index (χ4v) is 8.41. The van der Waals surface area contributed by atoms with Gasteiger partial charge in [0.05, 0.1) is 6.04 Å². The smallest absolute Gasteiger partial charge is 0.169 e. The molecule has 11 rings (SSSR count). The Balaban J connectivity index is 1.11. The number of hydrogen-bond donors (Lipinski definition) is 2. The molecule has 2 unspecified atom stereocenters. The molecule has 0 fully saturated rings.